The van der Waals surface area contributed by atoms with Gasteiger partial charge in [0.2, 0.25) is 0 Å². The zero-order valence-corrected chi connectivity index (χ0v) is 17.0. The van der Waals surface area contributed by atoms with Gasteiger partial charge in [0.25, 0.3) is 5.91 Å². The molecule has 0 saturated carbocycles. The molecule has 0 saturated heterocycles. The molecule has 0 atom stereocenters. The molecule has 3 rings (SSSR count). The number of amides is 1. The van der Waals surface area contributed by atoms with Gasteiger partial charge in [-0.3, -0.25) is 4.79 Å². The third kappa shape index (κ3) is 6.21. The molecule has 1 N–H and O–H groups in total. The SMILES string of the molecule is CCCOC(=O)c1ccc(NC(=O)c2cccc(OCCc3ccccc3)c2)cc1. The van der Waals surface area contributed by atoms with Gasteiger partial charge in [-0.05, 0) is 54.4 Å². The van der Waals surface area contributed by atoms with Crippen LogP contribution < -0.4 is 10.1 Å². The zero-order valence-electron chi connectivity index (χ0n) is 17.0. The summed E-state index contributed by atoms with van der Waals surface area (Å²) in [5.41, 5.74) is 2.75. The van der Waals surface area contributed by atoms with Gasteiger partial charge in [-0.15, -0.1) is 0 Å². The number of hydrogen-bond acceptors (Lipinski definition) is 4. The standard InChI is InChI=1S/C25H25NO4/c1-2-16-30-25(28)20-11-13-22(14-12-20)26-24(27)21-9-6-10-23(18-21)29-17-15-19-7-4-3-5-8-19/h3-14,18H,2,15-17H2,1H3,(H,26,27). The highest BCUT2D eigenvalue weighted by Crippen LogP contribution is 2.17. The van der Waals surface area contributed by atoms with Gasteiger partial charge in [0, 0.05) is 17.7 Å². The van der Waals surface area contributed by atoms with E-state index in [-0.39, 0.29) is 11.9 Å². The number of benzene rings is 3. The van der Waals surface area contributed by atoms with E-state index in [1.165, 1.54) is 5.56 Å². The van der Waals surface area contributed by atoms with E-state index in [4.69, 9.17) is 9.47 Å². The molecule has 5 nitrogen and oxygen atoms in total. The van der Waals surface area contributed by atoms with E-state index in [0.29, 0.717) is 35.8 Å². The lowest BCUT2D eigenvalue weighted by molar-refractivity contribution is 0.0505. The fraction of sp³-hybridized carbons (Fsp3) is 0.200. The summed E-state index contributed by atoms with van der Waals surface area (Å²) in [4.78, 5) is 24.4. The first-order valence-electron chi connectivity index (χ1n) is 10.0. The molecule has 3 aromatic rings. The summed E-state index contributed by atoms with van der Waals surface area (Å²) in [6.45, 7) is 2.86. The number of esters is 1. The lowest BCUT2D eigenvalue weighted by Gasteiger charge is -2.09. The summed E-state index contributed by atoms with van der Waals surface area (Å²) in [6, 6.07) is 23.8. The smallest absolute Gasteiger partial charge is 0.338 e. The van der Waals surface area contributed by atoms with Crippen LogP contribution in [0, 0.1) is 0 Å². The molecule has 0 spiro atoms. The van der Waals surface area contributed by atoms with Crippen molar-refractivity contribution in [1.29, 1.82) is 0 Å². The normalized spacial score (nSPS) is 10.3. The summed E-state index contributed by atoms with van der Waals surface area (Å²) in [5, 5.41) is 2.83. The monoisotopic (exact) mass is 403 g/mol. The van der Waals surface area contributed by atoms with Crippen molar-refractivity contribution in [3.8, 4) is 5.75 Å². The van der Waals surface area contributed by atoms with Crippen molar-refractivity contribution >= 4 is 17.6 Å². The molecule has 0 radical (unpaired) electrons. The highest BCUT2D eigenvalue weighted by atomic mass is 16.5. The van der Waals surface area contributed by atoms with Gasteiger partial charge in [0.05, 0.1) is 18.8 Å². The van der Waals surface area contributed by atoms with Gasteiger partial charge < -0.3 is 14.8 Å². The van der Waals surface area contributed by atoms with E-state index in [9.17, 15) is 9.59 Å². The van der Waals surface area contributed by atoms with Crippen molar-refractivity contribution in [1.82, 2.24) is 0 Å². The molecule has 0 heterocycles. The maximum absolute atomic E-state index is 12.6. The summed E-state index contributed by atoms with van der Waals surface area (Å²) in [7, 11) is 0. The van der Waals surface area contributed by atoms with Crippen LogP contribution in [-0.4, -0.2) is 25.1 Å². The minimum Gasteiger partial charge on any atom is -0.493 e. The molecule has 154 valence electrons. The molecule has 0 aliphatic carbocycles. The van der Waals surface area contributed by atoms with Gasteiger partial charge in [0.15, 0.2) is 0 Å². The van der Waals surface area contributed by atoms with Gasteiger partial charge in [-0.2, -0.15) is 0 Å². The van der Waals surface area contributed by atoms with Crippen LogP contribution >= 0.6 is 0 Å². The molecule has 0 fully saturated rings. The summed E-state index contributed by atoms with van der Waals surface area (Å²) >= 11 is 0. The Morgan fingerprint density at radius 3 is 2.33 bits per heavy atom. The van der Waals surface area contributed by atoms with Crippen molar-refractivity contribution in [2.75, 3.05) is 18.5 Å². The van der Waals surface area contributed by atoms with Crippen LogP contribution in [0.4, 0.5) is 5.69 Å². The van der Waals surface area contributed by atoms with Crippen LogP contribution in [0.5, 0.6) is 5.75 Å². The van der Waals surface area contributed by atoms with Crippen LogP contribution in [0.1, 0.15) is 39.6 Å². The highest BCUT2D eigenvalue weighted by molar-refractivity contribution is 6.04. The van der Waals surface area contributed by atoms with E-state index < -0.39 is 0 Å². The first-order chi connectivity index (χ1) is 14.7. The largest absolute Gasteiger partial charge is 0.493 e. The van der Waals surface area contributed by atoms with E-state index in [2.05, 4.69) is 17.4 Å². The Balaban J connectivity index is 1.55. The van der Waals surface area contributed by atoms with Crippen LogP contribution in [0.25, 0.3) is 0 Å². The van der Waals surface area contributed by atoms with Crippen molar-refractivity contribution in [3.05, 3.63) is 95.6 Å². The van der Waals surface area contributed by atoms with Crippen LogP contribution in [0.15, 0.2) is 78.9 Å². The molecule has 0 aliphatic rings. The first kappa shape index (κ1) is 21.1. The van der Waals surface area contributed by atoms with Crippen LogP contribution in [0.3, 0.4) is 0 Å². The quantitative estimate of drug-likeness (QED) is 0.503. The number of carbonyl (C=O) groups excluding carboxylic acids is 2. The molecule has 3 aromatic carbocycles. The fourth-order valence-electron chi connectivity index (χ4n) is 2.83. The van der Waals surface area contributed by atoms with E-state index in [0.717, 1.165) is 12.8 Å². The molecular weight excluding hydrogens is 378 g/mol. The average Bonchev–Trinajstić information content (AvgIpc) is 2.79. The molecule has 5 heteroatoms. The lowest BCUT2D eigenvalue weighted by Crippen LogP contribution is -2.12. The number of hydrogen-bond donors (Lipinski definition) is 1. The molecule has 0 unspecified atom stereocenters. The second kappa shape index (κ2) is 10.8. The molecule has 0 aliphatic heterocycles. The maximum atomic E-state index is 12.6. The lowest BCUT2D eigenvalue weighted by atomic mass is 10.1. The molecule has 1 amide bonds. The van der Waals surface area contributed by atoms with Gasteiger partial charge >= 0.3 is 5.97 Å². The maximum Gasteiger partial charge on any atom is 0.338 e. The Bertz CT molecular complexity index is 968. The van der Waals surface area contributed by atoms with Crippen LogP contribution in [-0.2, 0) is 11.2 Å². The first-order valence-corrected chi connectivity index (χ1v) is 10.0. The molecular formula is C25H25NO4. The third-order valence-electron chi connectivity index (χ3n) is 4.41. The van der Waals surface area contributed by atoms with Crippen molar-refractivity contribution in [2.45, 2.75) is 19.8 Å². The van der Waals surface area contributed by atoms with Gasteiger partial charge in [-0.25, -0.2) is 4.79 Å². The predicted octanol–water partition coefficient (Wildman–Crippen LogP) is 5.13. The summed E-state index contributed by atoms with van der Waals surface area (Å²) in [6.07, 6.45) is 1.57. The summed E-state index contributed by atoms with van der Waals surface area (Å²) < 4.78 is 10.9. The van der Waals surface area contributed by atoms with E-state index in [1.54, 1.807) is 42.5 Å². The Morgan fingerprint density at radius 2 is 1.60 bits per heavy atom. The van der Waals surface area contributed by atoms with Crippen molar-refractivity contribution in [3.63, 3.8) is 0 Å². The molecule has 0 bridgehead atoms. The Morgan fingerprint density at radius 1 is 0.833 bits per heavy atom. The van der Waals surface area contributed by atoms with Gasteiger partial charge in [0.1, 0.15) is 5.75 Å². The van der Waals surface area contributed by atoms with E-state index in [1.807, 2.05) is 31.2 Å². The number of rotatable bonds is 9. The number of nitrogens with one attached hydrogen (secondary N) is 1. The average molecular weight is 403 g/mol. The zero-order chi connectivity index (χ0) is 21.2. The minimum atomic E-state index is -0.366. The van der Waals surface area contributed by atoms with Crippen molar-refractivity contribution < 1.29 is 19.1 Å². The van der Waals surface area contributed by atoms with Crippen molar-refractivity contribution in [2.24, 2.45) is 0 Å². The predicted molar refractivity (Wildman–Crippen MR) is 117 cm³/mol. The Hall–Kier alpha value is -3.60. The molecule has 30 heavy (non-hydrogen) atoms. The molecule has 0 aromatic heterocycles. The van der Waals surface area contributed by atoms with Crippen LogP contribution in [0.2, 0.25) is 0 Å². The second-order valence-corrected chi connectivity index (χ2v) is 6.78. The number of carbonyl (C=O) groups is 2. The minimum absolute atomic E-state index is 0.246. The Kier molecular flexibility index (Phi) is 7.61. The topological polar surface area (TPSA) is 64.6 Å². The highest BCUT2D eigenvalue weighted by Gasteiger charge is 2.10. The van der Waals surface area contributed by atoms with Gasteiger partial charge in [-0.1, -0.05) is 43.3 Å². The van der Waals surface area contributed by atoms with E-state index >= 15 is 0 Å². The second-order valence-electron chi connectivity index (χ2n) is 6.78. The Labute approximate surface area is 176 Å². The number of anilines is 1. The number of ether oxygens (including phenoxy) is 2. The fourth-order valence-corrected chi connectivity index (χ4v) is 2.83. The third-order valence-corrected chi connectivity index (χ3v) is 4.41. The summed E-state index contributed by atoms with van der Waals surface area (Å²) in [5.74, 6) is 0.0347.